The van der Waals surface area contributed by atoms with Gasteiger partial charge in [-0.15, -0.1) is 0 Å². The fraction of sp³-hybridized carbons (Fsp3) is 0.667. The molecule has 1 heterocycles. The molecule has 0 spiro atoms. The molecule has 4 heteroatoms. The Morgan fingerprint density at radius 2 is 2.06 bits per heavy atom. The first-order valence-corrected chi connectivity index (χ1v) is 5.90. The van der Waals surface area contributed by atoms with Crippen molar-refractivity contribution in [3.8, 4) is 0 Å². The number of aliphatic hydroxyl groups excluding tert-OH is 1. The molecule has 4 nitrogen and oxygen atoms in total. The molecule has 0 unspecified atom stereocenters. The average Bonchev–Trinajstić information content (AvgIpc) is 2.29. The first-order chi connectivity index (χ1) is 7.74. The second-order valence-electron chi connectivity index (χ2n) is 4.19. The predicted octanol–water partition coefficient (Wildman–Crippen LogP) is 2.17. The highest BCUT2D eigenvalue weighted by atomic mass is 16.2. The van der Waals surface area contributed by atoms with Crippen molar-refractivity contribution in [1.82, 2.24) is 9.97 Å². The molecule has 0 atom stereocenters. The second-order valence-corrected chi connectivity index (χ2v) is 4.19. The van der Waals surface area contributed by atoms with E-state index in [1.807, 2.05) is 6.07 Å². The van der Waals surface area contributed by atoms with Crippen LogP contribution in [0.4, 0.5) is 5.82 Å². The van der Waals surface area contributed by atoms with E-state index >= 15 is 0 Å². The van der Waals surface area contributed by atoms with Crippen molar-refractivity contribution in [1.29, 1.82) is 0 Å². The van der Waals surface area contributed by atoms with Crippen molar-refractivity contribution < 1.29 is 5.11 Å². The van der Waals surface area contributed by atoms with E-state index in [0.717, 1.165) is 37.3 Å². The zero-order valence-corrected chi connectivity index (χ0v) is 10.1. The van der Waals surface area contributed by atoms with Gasteiger partial charge in [-0.25, -0.2) is 9.97 Å². The van der Waals surface area contributed by atoms with Crippen LogP contribution in [-0.2, 0) is 0 Å². The summed E-state index contributed by atoms with van der Waals surface area (Å²) in [7, 11) is 0. The van der Waals surface area contributed by atoms with Gasteiger partial charge in [0.25, 0.3) is 0 Å². The molecule has 16 heavy (non-hydrogen) atoms. The Balaban J connectivity index is 2.33. The molecule has 0 amide bonds. The van der Waals surface area contributed by atoms with Gasteiger partial charge in [0.15, 0.2) is 0 Å². The third kappa shape index (κ3) is 4.57. The average molecular weight is 223 g/mol. The maximum absolute atomic E-state index is 8.64. The lowest BCUT2D eigenvalue weighted by atomic mass is 10.1. The number of nitrogens with one attached hydrogen (secondary N) is 1. The zero-order valence-electron chi connectivity index (χ0n) is 10.1. The minimum absolute atomic E-state index is 0.283. The van der Waals surface area contributed by atoms with Crippen LogP contribution in [0.5, 0.6) is 0 Å². The van der Waals surface area contributed by atoms with Crippen LogP contribution in [0, 0.1) is 0 Å². The van der Waals surface area contributed by atoms with Gasteiger partial charge >= 0.3 is 0 Å². The van der Waals surface area contributed by atoms with Crippen molar-refractivity contribution >= 4 is 5.82 Å². The molecule has 0 aliphatic rings. The molecule has 1 aromatic heterocycles. The van der Waals surface area contributed by atoms with E-state index in [-0.39, 0.29) is 6.61 Å². The summed E-state index contributed by atoms with van der Waals surface area (Å²) in [5.74, 6) is 1.32. The third-order valence-electron chi connectivity index (χ3n) is 2.42. The van der Waals surface area contributed by atoms with E-state index in [1.54, 1.807) is 6.33 Å². The highest BCUT2D eigenvalue weighted by Crippen LogP contribution is 2.13. The first-order valence-electron chi connectivity index (χ1n) is 5.90. The van der Waals surface area contributed by atoms with Crippen LogP contribution < -0.4 is 5.32 Å². The standard InChI is InChI=1S/C12H21N3O/c1-10(2)11-8-12(15-9-14-11)13-6-4-3-5-7-16/h8-10,16H,3-7H2,1-2H3,(H,13,14,15). The summed E-state index contributed by atoms with van der Waals surface area (Å²) in [6, 6.07) is 2.00. The van der Waals surface area contributed by atoms with Crippen LogP contribution in [0.1, 0.15) is 44.7 Å². The number of unbranched alkanes of at least 4 members (excludes halogenated alkanes) is 2. The zero-order chi connectivity index (χ0) is 11.8. The van der Waals surface area contributed by atoms with Gasteiger partial charge in [-0.3, -0.25) is 0 Å². The molecule has 1 aromatic rings. The highest BCUT2D eigenvalue weighted by molar-refractivity contribution is 5.35. The topological polar surface area (TPSA) is 58.0 Å². The fourth-order valence-corrected chi connectivity index (χ4v) is 1.41. The summed E-state index contributed by atoms with van der Waals surface area (Å²) in [5.41, 5.74) is 1.06. The van der Waals surface area contributed by atoms with Gasteiger partial charge in [0.2, 0.25) is 0 Å². The van der Waals surface area contributed by atoms with Gasteiger partial charge in [0.05, 0.1) is 0 Å². The molecule has 0 fully saturated rings. The Morgan fingerprint density at radius 3 is 2.75 bits per heavy atom. The molecule has 0 bridgehead atoms. The molecular formula is C12H21N3O. The van der Waals surface area contributed by atoms with Gasteiger partial charge in [0, 0.05) is 24.9 Å². The first kappa shape index (κ1) is 12.9. The van der Waals surface area contributed by atoms with Crippen LogP contribution in [0.15, 0.2) is 12.4 Å². The second kappa shape index (κ2) is 7.17. The van der Waals surface area contributed by atoms with E-state index in [2.05, 4.69) is 29.1 Å². The summed E-state index contributed by atoms with van der Waals surface area (Å²) in [6.45, 7) is 5.42. The van der Waals surface area contributed by atoms with Crippen LogP contribution in [0.25, 0.3) is 0 Å². The third-order valence-corrected chi connectivity index (χ3v) is 2.42. The van der Waals surface area contributed by atoms with Gasteiger partial charge in [-0.05, 0) is 25.2 Å². The van der Waals surface area contributed by atoms with E-state index in [1.165, 1.54) is 0 Å². The van der Waals surface area contributed by atoms with Crippen molar-refractivity contribution in [3.63, 3.8) is 0 Å². The van der Waals surface area contributed by atoms with Crippen LogP contribution in [-0.4, -0.2) is 28.2 Å². The summed E-state index contributed by atoms with van der Waals surface area (Å²) >= 11 is 0. The van der Waals surface area contributed by atoms with E-state index < -0.39 is 0 Å². The Kier molecular flexibility index (Phi) is 5.78. The SMILES string of the molecule is CC(C)c1cc(NCCCCCO)ncn1. The largest absolute Gasteiger partial charge is 0.396 e. The summed E-state index contributed by atoms with van der Waals surface area (Å²) in [5, 5.41) is 11.9. The monoisotopic (exact) mass is 223 g/mol. The summed E-state index contributed by atoms with van der Waals surface area (Å²) in [6.07, 6.45) is 4.58. The van der Waals surface area contributed by atoms with Gasteiger partial charge in [-0.2, -0.15) is 0 Å². The molecule has 0 aliphatic carbocycles. The molecule has 0 saturated heterocycles. The lowest BCUT2D eigenvalue weighted by Gasteiger charge is -2.08. The minimum atomic E-state index is 0.283. The number of hydrogen-bond acceptors (Lipinski definition) is 4. The van der Waals surface area contributed by atoms with E-state index in [4.69, 9.17) is 5.11 Å². The van der Waals surface area contributed by atoms with E-state index in [9.17, 15) is 0 Å². The molecular weight excluding hydrogens is 202 g/mol. The van der Waals surface area contributed by atoms with Crippen LogP contribution in [0.2, 0.25) is 0 Å². The molecule has 2 N–H and O–H groups in total. The predicted molar refractivity (Wildman–Crippen MR) is 65.5 cm³/mol. The lowest BCUT2D eigenvalue weighted by molar-refractivity contribution is 0.283. The normalized spacial score (nSPS) is 10.8. The number of nitrogens with zero attached hydrogens (tertiary/aromatic N) is 2. The van der Waals surface area contributed by atoms with E-state index in [0.29, 0.717) is 5.92 Å². The smallest absolute Gasteiger partial charge is 0.129 e. The molecule has 90 valence electrons. The van der Waals surface area contributed by atoms with Crippen molar-refractivity contribution in [2.45, 2.75) is 39.0 Å². The highest BCUT2D eigenvalue weighted by Gasteiger charge is 2.02. The Morgan fingerprint density at radius 1 is 1.25 bits per heavy atom. The summed E-state index contributed by atoms with van der Waals surface area (Å²) < 4.78 is 0. The number of hydrogen-bond donors (Lipinski definition) is 2. The number of rotatable bonds is 7. The van der Waals surface area contributed by atoms with Crippen molar-refractivity contribution in [2.24, 2.45) is 0 Å². The molecule has 0 aliphatic heterocycles. The summed E-state index contributed by atoms with van der Waals surface area (Å²) in [4.78, 5) is 8.38. The maximum atomic E-state index is 8.64. The maximum Gasteiger partial charge on any atom is 0.129 e. The Labute approximate surface area is 97.1 Å². The minimum Gasteiger partial charge on any atom is -0.396 e. The number of aromatic nitrogens is 2. The molecule has 0 radical (unpaired) electrons. The van der Waals surface area contributed by atoms with Gasteiger partial charge in [0.1, 0.15) is 12.1 Å². The van der Waals surface area contributed by atoms with Gasteiger partial charge < -0.3 is 10.4 Å². The van der Waals surface area contributed by atoms with Crippen molar-refractivity contribution in [3.05, 3.63) is 18.1 Å². The molecule has 0 aromatic carbocycles. The Bertz CT molecular complexity index is 302. The lowest BCUT2D eigenvalue weighted by Crippen LogP contribution is -2.05. The quantitative estimate of drug-likeness (QED) is 0.696. The van der Waals surface area contributed by atoms with Crippen LogP contribution in [0.3, 0.4) is 0 Å². The van der Waals surface area contributed by atoms with Crippen LogP contribution >= 0.6 is 0 Å². The van der Waals surface area contributed by atoms with Crippen molar-refractivity contribution in [2.75, 3.05) is 18.5 Å². The number of anilines is 1. The number of aliphatic hydroxyl groups is 1. The Hall–Kier alpha value is -1.16. The fourth-order valence-electron chi connectivity index (χ4n) is 1.41. The molecule has 1 rings (SSSR count). The molecule has 0 saturated carbocycles. The van der Waals surface area contributed by atoms with Gasteiger partial charge in [-0.1, -0.05) is 13.8 Å².